The van der Waals surface area contributed by atoms with Gasteiger partial charge >= 0.3 is 0 Å². The van der Waals surface area contributed by atoms with Crippen LogP contribution in [0.25, 0.3) is 0 Å². The Hall–Kier alpha value is -1.92. The second kappa shape index (κ2) is 7.19. The van der Waals surface area contributed by atoms with Crippen LogP contribution in [0.3, 0.4) is 0 Å². The summed E-state index contributed by atoms with van der Waals surface area (Å²) in [5.74, 6) is 2.45. The van der Waals surface area contributed by atoms with Gasteiger partial charge in [0.25, 0.3) is 0 Å². The van der Waals surface area contributed by atoms with Gasteiger partial charge in [-0.15, -0.1) is 0 Å². The fraction of sp³-hybridized carbons (Fsp3) is 0.467. The Morgan fingerprint density at radius 3 is 2.76 bits per heavy atom. The van der Waals surface area contributed by atoms with Crippen LogP contribution >= 0.6 is 0 Å². The molecule has 1 unspecified atom stereocenters. The molecular formula is C15H22N4O2. The van der Waals surface area contributed by atoms with Crippen LogP contribution in [-0.4, -0.2) is 29.4 Å². The van der Waals surface area contributed by atoms with E-state index in [-0.39, 0.29) is 6.04 Å². The maximum absolute atomic E-state index is 5.33. The number of benzene rings is 1. The molecule has 2 N–H and O–H groups in total. The van der Waals surface area contributed by atoms with E-state index >= 15 is 0 Å². The number of nitrogens with zero attached hydrogens (tertiary/aromatic N) is 2. The van der Waals surface area contributed by atoms with E-state index in [1.807, 2.05) is 26.0 Å². The van der Waals surface area contributed by atoms with Crippen LogP contribution in [0.2, 0.25) is 0 Å². The van der Waals surface area contributed by atoms with Crippen molar-refractivity contribution in [3.05, 3.63) is 41.0 Å². The smallest absolute Gasteiger partial charge is 0.167 e. The average molecular weight is 290 g/mol. The Morgan fingerprint density at radius 1 is 1.33 bits per heavy atom. The third-order valence-electron chi connectivity index (χ3n) is 3.26. The Bertz CT molecular complexity index is 583. The zero-order chi connectivity index (χ0) is 15.2. The number of H-pyrrole nitrogens is 1. The van der Waals surface area contributed by atoms with Gasteiger partial charge in [-0.2, -0.15) is 5.10 Å². The van der Waals surface area contributed by atoms with Crippen LogP contribution in [0.1, 0.15) is 35.7 Å². The molecule has 21 heavy (non-hydrogen) atoms. The highest BCUT2D eigenvalue weighted by atomic mass is 16.5. The molecule has 2 rings (SSSR count). The van der Waals surface area contributed by atoms with Crippen LogP contribution in [-0.2, 0) is 17.9 Å². The maximum atomic E-state index is 5.33. The van der Waals surface area contributed by atoms with Crippen molar-refractivity contribution in [2.45, 2.75) is 33.0 Å². The lowest BCUT2D eigenvalue weighted by molar-refractivity contribution is 0.181. The van der Waals surface area contributed by atoms with Crippen molar-refractivity contribution in [2.75, 3.05) is 14.2 Å². The number of hydrogen-bond acceptors (Lipinski definition) is 5. The summed E-state index contributed by atoms with van der Waals surface area (Å²) in [7, 11) is 3.35. The Kier molecular flexibility index (Phi) is 5.30. The van der Waals surface area contributed by atoms with Crippen LogP contribution in [0.4, 0.5) is 0 Å². The largest absolute Gasteiger partial charge is 0.496 e. The molecule has 0 saturated carbocycles. The second-order valence-electron chi connectivity index (χ2n) is 4.96. The van der Waals surface area contributed by atoms with E-state index in [4.69, 9.17) is 9.47 Å². The lowest BCUT2D eigenvalue weighted by Gasteiger charge is -2.13. The molecule has 1 aromatic carbocycles. The molecule has 0 radical (unpaired) electrons. The summed E-state index contributed by atoms with van der Waals surface area (Å²) in [5, 5.41) is 10.4. The number of aromatic nitrogens is 3. The van der Waals surface area contributed by atoms with Crippen molar-refractivity contribution in [1.29, 1.82) is 0 Å². The summed E-state index contributed by atoms with van der Waals surface area (Å²) in [6.07, 6.45) is 0. The molecule has 0 bridgehead atoms. The van der Waals surface area contributed by atoms with Crippen molar-refractivity contribution in [1.82, 2.24) is 20.5 Å². The third-order valence-corrected chi connectivity index (χ3v) is 3.26. The normalized spacial score (nSPS) is 12.4. The van der Waals surface area contributed by atoms with Crippen LogP contribution in [0.15, 0.2) is 18.2 Å². The summed E-state index contributed by atoms with van der Waals surface area (Å²) < 4.78 is 10.5. The van der Waals surface area contributed by atoms with Gasteiger partial charge in [0.05, 0.1) is 19.8 Å². The van der Waals surface area contributed by atoms with Crippen molar-refractivity contribution in [3.63, 3.8) is 0 Å². The Balaban J connectivity index is 2.01. The van der Waals surface area contributed by atoms with Gasteiger partial charge in [-0.25, -0.2) is 4.98 Å². The highest BCUT2D eigenvalue weighted by Crippen LogP contribution is 2.21. The molecular weight excluding hydrogens is 268 g/mol. The zero-order valence-corrected chi connectivity index (χ0v) is 12.9. The summed E-state index contributed by atoms with van der Waals surface area (Å²) in [6.45, 7) is 5.20. The van der Waals surface area contributed by atoms with Crippen LogP contribution in [0.5, 0.6) is 5.75 Å². The third kappa shape index (κ3) is 4.03. The predicted molar refractivity (Wildman–Crippen MR) is 80.1 cm³/mol. The van der Waals surface area contributed by atoms with Gasteiger partial charge in [-0.1, -0.05) is 6.07 Å². The van der Waals surface area contributed by atoms with Gasteiger partial charge < -0.3 is 14.8 Å². The minimum absolute atomic E-state index is 0.0860. The van der Waals surface area contributed by atoms with Crippen LogP contribution in [0, 0.1) is 6.92 Å². The standard InChI is InChI=1S/C15H22N4O2/c1-10(15-17-11(2)18-19-15)16-8-12-5-6-14(21-4)13(7-12)9-20-3/h5-7,10,16H,8-9H2,1-4H3,(H,17,18,19). The SMILES string of the molecule is COCc1cc(CNC(C)c2n[nH]c(C)n2)ccc1OC. The van der Waals surface area contributed by atoms with Crippen LogP contribution < -0.4 is 10.1 Å². The lowest BCUT2D eigenvalue weighted by atomic mass is 10.1. The first kappa shape index (κ1) is 15.5. The molecule has 0 amide bonds. The van der Waals surface area contributed by atoms with E-state index in [0.717, 1.165) is 29.5 Å². The molecule has 6 nitrogen and oxygen atoms in total. The van der Waals surface area contributed by atoms with E-state index in [2.05, 4.69) is 26.6 Å². The maximum Gasteiger partial charge on any atom is 0.167 e. The molecule has 1 atom stereocenters. The van der Waals surface area contributed by atoms with Gasteiger partial charge in [0.1, 0.15) is 11.6 Å². The summed E-state index contributed by atoms with van der Waals surface area (Å²) in [6, 6.07) is 6.18. The molecule has 0 saturated heterocycles. The number of hydrogen-bond donors (Lipinski definition) is 2. The molecule has 1 heterocycles. The van der Waals surface area contributed by atoms with Gasteiger partial charge in [-0.05, 0) is 31.5 Å². The molecule has 0 aliphatic heterocycles. The van der Waals surface area contributed by atoms with E-state index in [0.29, 0.717) is 6.61 Å². The Labute approximate surface area is 124 Å². The van der Waals surface area contributed by atoms with Crippen molar-refractivity contribution in [2.24, 2.45) is 0 Å². The molecule has 1 aromatic heterocycles. The fourth-order valence-electron chi connectivity index (χ4n) is 2.13. The molecule has 0 spiro atoms. The number of rotatable bonds is 7. The minimum atomic E-state index is 0.0860. The topological polar surface area (TPSA) is 72.1 Å². The number of nitrogens with one attached hydrogen (secondary N) is 2. The van der Waals surface area contributed by atoms with Crippen molar-refractivity contribution < 1.29 is 9.47 Å². The van der Waals surface area contributed by atoms with Gasteiger partial charge in [0.15, 0.2) is 5.82 Å². The molecule has 0 aliphatic rings. The molecule has 2 aromatic rings. The summed E-state index contributed by atoms with van der Waals surface area (Å²) in [4.78, 5) is 4.33. The predicted octanol–water partition coefficient (Wildman–Crippen LogP) is 2.12. The molecule has 114 valence electrons. The average Bonchev–Trinajstić information content (AvgIpc) is 2.92. The number of aromatic amines is 1. The van der Waals surface area contributed by atoms with E-state index in [9.17, 15) is 0 Å². The Morgan fingerprint density at radius 2 is 2.14 bits per heavy atom. The fourth-order valence-corrected chi connectivity index (χ4v) is 2.13. The van der Waals surface area contributed by atoms with E-state index < -0.39 is 0 Å². The first-order chi connectivity index (χ1) is 10.1. The zero-order valence-electron chi connectivity index (χ0n) is 12.9. The van der Waals surface area contributed by atoms with Crippen molar-refractivity contribution >= 4 is 0 Å². The first-order valence-corrected chi connectivity index (χ1v) is 6.91. The van der Waals surface area contributed by atoms with E-state index in [1.165, 1.54) is 5.56 Å². The van der Waals surface area contributed by atoms with Gasteiger partial charge in [0, 0.05) is 19.2 Å². The van der Waals surface area contributed by atoms with Gasteiger partial charge in [0.2, 0.25) is 0 Å². The van der Waals surface area contributed by atoms with Crippen molar-refractivity contribution in [3.8, 4) is 5.75 Å². The van der Waals surface area contributed by atoms with Gasteiger partial charge in [-0.3, -0.25) is 5.10 Å². The van der Waals surface area contributed by atoms with E-state index in [1.54, 1.807) is 14.2 Å². The lowest BCUT2D eigenvalue weighted by Crippen LogP contribution is -2.19. The summed E-state index contributed by atoms with van der Waals surface area (Å²) >= 11 is 0. The monoisotopic (exact) mass is 290 g/mol. The first-order valence-electron chi connectivity index (χ1n) is 6.91. The highest BCUT2D eigenvalue weighted by molar-refractivity contribution is 5.36. The summed E-state index contributed by atoms with van der Waals surface area (Å²) in [5.41, 5.74) is 2.21. The second-order valence-corrected chi connectivity index (χ2v) is 4.96. The number of aryl methyl sites for hydroxylation is 1. The molecule has 0 fully saturated rings. The number of ether oxygens (including phenoxy) is 2. The molecule has 6 heteroatoms. The highest BCUT2D eigenvalue weighted by Gasteiger charge is 2.10. The number of methoxy groups -OCH3 is 2. The minimum Gasteiger partial charge on any atom is -0.496 e. The molecule has 0 aliphatic carbocycles. The quantitative estimate of drug-likeness (QED) is 0.817.